The molecular formula is C17H22ClNO. The van der Waals surface area contributed by atoms with Gasteiger partial charge < -0.3 is 9.64 Å². The Hall–Kier alpha value is -1.15. The quantitative estimate of drug-likeness (QED) is 0.809. The van der Waals surface area contributed by atoms with Crippen molar-refractivity contribution in [1.29, 1.82) is 0 Å². The van der Waals surface area contributed by atoms with Crippen LogP contribution in [0.3, 0.4) is 0 Å². The molecule has 1 atom stereocenters. The standard InChI is InChI=1S/C17H22ClNO/c1-2-10-19-11-12-20-16-5-3-4-15(17(16)19)13-6-8-14(18)9-7-13/h6-9,15H,2-5,10-12H2,1H3. The molecule has 1 heterocycles. The van der Waals surface area contributed by atoms with E-state index in [1.807, 2.05) is 12.1 Å². The highest BCUT2D eigenvalue weighted by atomic mass is 35.5. The third-order valence-electron chi connectivity index (χ3n) is 4.26. The molecule has 20 heavy (non-hydrogen) atoms. The van der Waals surface area contributed by atoms with Crippen molar-refractivity contribution in [3.63, 3.8) is 0 Å². The Bertz CT molecular complexity index is 490. The summed E-state index contributed by atoms with van der Waals surface area (Å²) in [4.78, 5) is 2.54. The molecule has 0 saturated heterocycles. The van der Waals surface area contributed by atoms with Crippen LogP contribution in [0.2, 0.25) is 5.02 Å². The fourth-order valence-corrected chi connectivity index (χ4v) is 3.52. The predicted molar refractivity (Wildman–Crippen MR) is 82.9 cm³/mol. The van der Waals surface area contributed by atoms with Crippen molar-refractivity contribution in [2.45, 2.75) is 38.5 Å². The summed E-state index contributed by atoms with van der Waals surface area (Å²) in [6.45, 7) is 5.24. The zero-order valence-corrected chi connectivity index (χ0v) is 12.8. The molecule has 0 radical (unpaired) electrons. The van der Waals surface area contributed by atoms with E-state index in [2.05, 4.69) is 24.0 Å². The van der Waals surface area contributed by atoms with E-state index in [-0.39, 0.29) is 0 Å². The van der Waals surface area contributed by atoms with Gasteiger partial charge in [0.05, 0.1) is 12.2 Å². The van der Waals surface area contributed by atoms with E-state index in [1.54, 1.807) is 0 Å². The summed E-state index contributed by atoms with van der Waals surface area (Å²) in [5, 5.41) is 0.809. The maximum Gasteiger partial charge on any atom is 0.116 e. The van der Waals surface area contributed by atoms with Crippen LogP contribution >= 0.6 is 11.6 Å². The van der Waals surface area contributed by atoms with E-state index in [0.29, 0.717) is 5.92 Å². The first-order valence-corrected chi connectivity index (χ1v) is 8.03. The van der Waals surface area contributed by atoms with Gasteiger partial charge in [-0.05, 0) is 37.0 Å². The van der Waals surface area contributed by atoms with E-state index in [9.17, 15) is 0 Å². The third-order valence-corrected chi connectivity index (χ3v) is 4.51. The number of benzene rings is 1. The number of nitrogens with zero attached hydrogens (tertiary/aromatic N) is 1. The topological polar surface area (TPSA) is 12.5 Å². The summed E-state index contributed by atoms with van der Waals surface area (Å²) < 4.78 is 5.95. The van der Waals surface area contributed by atoms with Gasteiger partial charge in [-0.3, -0.25) is 0 Å². The molecule has 0 bridgehead atoms. The van der Waals surface area contributed by atoms with Crippen LogP contribution in [0.15, 0.2) is 35.7 Å². The lowest BCUT2D eigenvalue weighted by atomic mass is 9.84. The van der Waals surface area contributed by atoms with Crippen molar-refractivity contribution < 1.29 is 4.74 Å². The summed E-state index contributed by atoms with van der Waals surface area (Å²) in [7, 11) is 0. The second-order valence-electron chi connectivity index (χ2n) is 5.64. The fourth-order valence-electron chi connectivity index (χ4n) is 3.39. The molecule has 1 aromatic rings. The largest absolute Gasteiger partial charge is 0.494 e. The van der Waals surface area contributed by atoms with Crippen molar-refractivity contribution in [2.75, 3.05) is 19.7 Å². The van der Waals surface area contributed by atoms with Gasteiger partial charge >= 0.3 is 0 Å². The molecule has 2 nitrogen and oxygen atoms in total. The van der Waals surface area contributed by atoms with Gasteiger partial charge in [-0.2, -0.15) is 0 Å². The van der Waals surface area contributed by atoms with Crippen molar-refractivity contribution in [1.82, 2.24) is 4.90 Å². The molecule has 1 aliphatic heterocycles. The van der Waals surface area contributed by atoms with E-state index in [1.165, 1.54) is 36.3 Å². The molecule has 1 aromatic carbocycles. The zero-order valence-electron chi connectivity index (χ0n) is 12.1. The van der Waals surface area contributed by atoms with Gasteiger partial charge in [-0.1, -0.05) is 30.7 Å². The zero-order chi connectivity index (χ0) is 13.9. The minimum Gasteiger partial charge on any atom is -0.494 e. The highest BCUT2D eigenvalue weighted by molar-refractivity contribution is 6.30. The first-order valence-electron chi connectivity index (χ1n) is 7.66. The van der Waals surface area contributed by atoms with Crippen molar-refractivity contribution in [3.8, 4) is 0 Å². The van der Waals surface area contributed by atoms with Crippen LogP contribution in [-0.2, 0) is 4.74 Å². The molecule has 0 spiro atoms. The Morgan fingerprint density at radius 1 is 1.30 bits per heavy atom. The lowest BCUT2D eigenvalue weighted by molar-refractivity contribution is 0.104. The van der Waals surface area contributed by atoms with Crippen LogP contribution in [0.1, 0.15) is 44.1 Å². The normalized spacial score (nSPS) is 22.5. The molecule has 0 saturated carbocycles. The van der Waals surface area contributed by atoms with Crippen LogP contribution in [-0.4, -0.2) is 24.6 Å². The van der Waals surface area contributed by atoms with Crippen molar-refractivity contribution in [2.24, 2.45) is 0 Å². The number of hydrogen-bond donors (Lipinski definition) is 0. The summed E-state index contributed by atoms with van der Waals surface area (Å²) in [5.74, 6) is 1.71. The molecule has 0 aromatic heterocycles. The molecule has 1 aliphatic carbocycles. The highest BCUT2D eigenvalue weighted by Crippen LogP contribution is 2.41. The average Bonchev–Trinajstić information content (AvgIpc) is 2.48. The number of rotatable bonds is 3. The van der Waals surface area contributed by atoms with Crippen LogP contribution in [0.4, 0.5) is 0 Å². The molecule has 2 aliphatic rings. The molecule has 0 N–H and O–H groups in total. The summed E-state index contributed by atoms with van der Waals surface area (Å²) in [6.07, 6.45) is 4.71. The van der Waals surface area contributed by atoms with E-state index in [4.69, 9.17) is 16.3 Å². The lowest BCUT2D eigenvalue weighted by Crippen LogP contribution is -2.37. The van der Waals surface area contributed by atoms with Crippen LogP contribution in [0, 0.1) is 0 Å². The highest BCUT2D eigenvalue weighted by Gasteiger charge is 2.31. The van der Waals surface area contributed by atoms with Gasteiger partial charge in [0.25, 0.3) is 0 Å². The van der Waals surface area contributed by atoms with Gasteiger partial charge in [0, 0.05) is 23.9 Å². The summed E-state index contributed by atoms with van der Waals surface area (Å²) in [6, 6.07) is 8.34. The van der Waals surface area contributed by atoms with Crippen LogP contribution in [0.5, 0.6) is 0 Å². The van der Waals surface area contributed by atoms with Gasteiger partial charge in [0.1, 0.15) is 12.4 Å². The average molecular weight is 292 g/mol. The van der Waals surface area contributed by atoms with Crippen LogP contribution in [0.25, 0.3) is 0 Å². The smallest absolute Gasteiger partial charge is 0.116 e. The van der Waals surface area contributed by atoms with Gasteiger partial charge in [0.2, 0.25) is 0 Å². The van der Waals surface area contributed by atoms with Gasteiger partial charge in [-0.15, -0.1) is 0 Å². The monoisotopic (exact) mass is 291 g/mol. The number of ether oxygens (including phenoxy) is 1. The molecule has 3 heteroatoms. The Morgan fingerprint density at radius 3 is 2.85 bits per heavy atom. The molecule has 0 amide bonds. The fraction of sp³-hybridized carbons (Fsp3) is 0.529. The Labute approximate surface area is 126 Å². The Balaban J connectivity index is 1.95. The summed E-state index contributed by atoms with van der Waals surface area (Å²) in [5.41, 5.74) is 2.81. The minimum atomic E-state index is 0.475. The van der Waals surface area contributed by atoms with Crippen molar-refractivity contribution in [3.05, 3.63) is 46.3 Å². The first-order chi connectivity index (χ1) is 9.79. The molecule has 0 fully saturated rings. The number of hydrogen-bond acceptors (Lipinski definition) is 2. The van der Waals surface area contributed by atoms with E-state index < -0.39 is 0 Å². The van der Waals surface area contributed by atoms with Crippen LogP contribution < -0.4 is 0 Å². The molecule has 3 rings (SSSR count). The molecular weight excluding hydrogens is 270 g/mol. The number of allylic oxidation sites excluding steroid dienone is 2. The lowest BCUT2D eigenvalue weighted by Gasteiger charge is -2.40. The first kappa shape index (κ1) is 13.8. The summed E-state index contributed by atoms with van der Waals surface area (Å²) >= 11 is 6.02. The Morgan fingerprint density at radius 2 is 2.10 bits per heavy atom. The second kappa shape index (κ2) is 6.09. The second-order valence-corrected chi connectivity index (χ2v) is 6.08. The minimum absolute atomic E-state index is 0.475. The van der Waals surface area contributed by atoms with Gasteiger partial charge in [-0.25, -0.2) is 0 Å². The SMILES string of the molecule is CCCN1CCOC2=C1C(c1ccc(Cl)cc1)CCC2. The third kappa shape index (κ3) is 2.67. The van der Waals surface area contributed by atoms with E-state index in [0.717, 1.165) is 31.1 Å². The molecule has 108 valence electrons. The van der Waals surface area contributed by atoms with Crippen molar-refractivity contribution >= 4 is 11.6 Å². The maximum atomic E-state index is 6.02. The van der Waals surface area contributed by atoms with Gasteiger partial charge in [0.15, 0.2) is 0 Å². The Kier molecular flexibility index (Phi) is 4.21. The van der Waals surface area contributed by atoms with E-state index >= 15 is 0 Å². The molecule has 1 unspecified atom stereocenters. The number of halogens is 1. The predicted octanol–water partition coefficient (Wildman–Crippen LogP) is 4.56. The maximum absolute atomic E-state index is 6.02.